The van der Waals surface area contributed by atoms with Gasteiger partial charge in [-0.1, -0.05) is 48.0 Å². The number of rotatable bonds is 21. The highest BCUT2D eigenvalue weighted by atomic mass is 35.5. The Hall–Kier alpha value is -6.48. The number of carbonyl (C=O) groups is 3. The van der Waals surface area contributed by atoms with Gasteiger partial charge in [-0.15, -0.1) is 21.5 Å². The first-order valence-corrected chi connectivity index (χ1v) is 23.8. The number of aromatic nitrogens is 7. The number of fused-ring (bicyclic) bond motifs is 4. The second kappa shape index (κ2) is 21.4. The summed E-state index contributed by atoms with van der Waals surface area (Å²) in [5, 5.41) is 19.4. The third-order valence-corrected chi connectivity index (χ3v) is 13.1. The van der Waals surface area contributed by atoms with Gasteiger partial charge in [-0.05, 0) is 83.7 Å². The summed E-state index contributed by atoms with van der Waals surface area (Å²) < 4.78 is 20.3. The van der Waals surface area contributed by atoms with Gasteiger partial charge in [0.25, 0.3) is 0 Å². The normalized spacial score (nSPS) is 13.6. The van der Waals surface area contributed by atoms with E-state index in [0.717, 1.165) is 43.4 Å². The third-order valence-electron chi connectivity index (χ3n) is 11.7. The molecule has 7 rings (SSSR count). The van der Waals surface area contributed by atoms with E-state index in [1.807, 2.05) is 87.7 Å². The van der Waals surface area contributed by atoms with Crippen molar-refractivity contribution in [2.45, 2.75) is 104 Å². The smallest absolute Gasteiger partial charge is 0.328 e. The minimum Gasteiger partial charge on any atom is -0.461 e. The van der Waals surface area contributed by atoms with Crippen LogP contribution in [-0.2, 0) is 36.9 Å². The number of H-pyrrole nitrogens is 1. The lowest BCUT2D eigenvalue weighted by molar-refractivity contribution is -0.127. The van der Waals surface area contributed by atoms with Crippen molar-refractivity contribution in [1.29, 1.82) is 0 Å². The van der Waals surface area contributed by atoms with E-state index in [1.54, 1.807) is 18.4 Å². The van der Waals surface area contributed by atoms with Crippen LogP contribution < -0.4 is 32.1 Å². The van der Waals surface area contributed by atoms with Gasteiger partial charge in [-0.25, -0.2) is 4.79 Å². The summed E-state index contributed by atoms with van der Waals surface area (Å²) in [6.07, 6.45) is 0.567. The fourth-order valence-electron chi connectivity index (χ4n) is 7.73. The summed E-state index contributed by atoms with van der Waals surface area (Å²) in [4.78, 5) is 69.5. The van der Waals surface area contributed by atoms with Crippen LogP contribution in [0.15, 0.2) is 58.3 Å². The molecule has 2 aromatic carbocycles. The third kappa shape index (κ3) is 12.4. The molecule has 6 N–H and O–H groups in total. The first kappa shape index (κ1) is 50.4. The molecular weight excluding hydrogens is 924 g/mol. The standard InChI is InChI=1S/C48H59ClN12O7S/c1-27-28(2)69-44-38(27)39(32-13-15-33(49)16-14-32)53-34(42-59-58-29(3)61(42)44)23-37(64)57-47(4,5)26-68-48(6,7)19-20-51-35(62)17-18-36(63)52-24-30-9-11-31(12-10-30)25-60-43-40(54-46(60)65)41(50)55-45(56-43)67-22-21-66-8/h9-16,34H,17-26H2,1-8H3,(H,51,62)(H,52,63)(H,54,65)(H,57,64)(H2,50,55,56)/t34-/m0/s1. The maximum absolute atomic E-state index is 13.8. The van der Waals surface area contributed by atoms with E-state index >= 15 is 0 Å². The van der Waals surface area contributed by atoms with E-state index in [2.05, 4.69) is 54.9 Å². The largest absolute Gasteiger partial charge is 0.461 e. The van der Waals surface area contributed by atoms with Gasteiger partial charge in [0.15, 0.2) is 17.3 Å². The number of nitrogens with zero attached hydrogens (tertiary/aromatic N) is 7. The Balaban J connectivity index is 0.841. The van der Waals surface area contributed by atoms with Gasteiger partial charge in [0.05, 0.1) is 43.0 Å². The number of hydrogen-bond donors (Lipinski definition) is 5. The van der Waals surface area contributed by atoms with Crippen LogP contribution in [0, 0.1) is 20.8 Å². The monoisotopic (exact) mass is 982 g/mol. The molecule has 69 heavy (non-hydrogen) atoms. The number of carbonyl (C=O) groups excluding carboxylic acids is 3. The molecule has 1 atom stereocenters. The number of halogens is 1. The Bertz CT molecular complexity index is 2920. The van der Waals surface area contributed by atoms with Crippen LogP contribution in [0.3, 0.4) is 0 Å². The van der Waals surface area contributed by atoms with Crippen LogP contribution >= 0.6 is 22.9 Å². The fourth-order valence-corrected chi connectivity index (χ4v) is 9.07. The molecule has 0 unspecified atom stereocenters. The van der Waals surface area contributed by atoms with Gasteiger partial charge < -0.3 is 40.9 Å². The zero-order chi connectivity index (χ0) is 49.6. The minimum atomic E-state index is -0.745. The van der Waals surface area contributed by atoms with Crippen molar-refractivity contribution in [2.24, 2.45) is 4.99 Å². The van der Waals surface area contributed by atoms with Crippen molar-refractivity contribution in [3.8, 4) is 11.0 Å². The Morgan fingerprint density at radius 3 is 2.32 bits per heavy atom. The van der Waals surface area contributed by atoms with Crippen molar-refractivity contribution in [2.75, 3.05) is 39.2 Å². The van der Waals surface area contributed by atoms with Crippen molar-refractivity contribution in [1.82, 2.24) is 50.2 Å². The lowest BCUT2D eigenvalue weighted by Gasteiger charge is -2.33. The van der Waals surface area contributed by atoms with Crippen LogP contribution in [0.1, 0.15) is 104 Å². The number of amides is 3. The van der Waals surface area contributed by atoms with Crippen molar-refractivity contribution in [3.05, 3.63) is 108 Å². The Morgan fingerprint density at radius 2 is 1.61 bits per heavy atom. The minimum absolute atomic E-state index is 0.0180. The zero-order valence-corrected chi connectivity index (χ0v) is 41.7. The van der Waals surface area contributed by atoms with Gasteiger partial charge in [0.2, 0.25) is 17.7 Å². The van der Waals surface area contributed by atoms with Crippen LogP contribution in [0.5, 0.6) is 6.01 Å². The first-order chi connectivity index (χ1) is 32.8. The first-order valence-electron chi connectivity index (χ1n) is 22.6. The number of anilines is 1. The molecule has 0 aliphatic carbocycles. The molecular formula is C48H59ClN12O7S. The summed E-state index contributed by atoms with van der Waals surface area (Å²) >= 11 is 7.91. The van der Waals surface area contributed by atoms with Crippen molar-refractivity contribution >= 4 is 63.4 Å². The molecule has 5 heterocycles. The Kier molecular flexibility index (Phi) is 15.7. The molecule has 3 amide bonds. The Morgan fingerprint density at radius 1 is 0.913 bits per heavy atom. The topological polar surface area (TPSA) is 248 Å². The second-order valence-corrected chi connectivity index (χ2v) is 19.9. The molecule has 0 radical (unpaired) electrons. The number of nitrogens with two attached hydrogens (primary N) is 1. The van der Waals surface area contributed by atoms with Gasteiger partial charge >= 0.3 is 11.7 Å². The van der Waals surface area contributed by atoms with Gasteiger partial charge in [0, 0.05) is 54.1 Å². The molecule has 0 bridgehead atoms. The number of methoxy groups -OCH3 is 1. The molecule has 0 fully saturated rings. The summed E-state index contributed by atoms with van der Waals surface area (Å²) in [5.41, 5.74) is 10.3. The predicted octanol–water partition coefficient (Wildman–Crippen LogP) is 5.57. The number of ether oxygens (including phenoxy) is 3. The number of aliphatic imine (C=N–C) groups is 1. The number of nitrogen functional groups attached to an aromatic ring is 1. The highest BCUT2D eigenvalue weighted by molar-refractivity contribution is 7.15. The number of thiophene rings is 1. The molecule has 21 heteroatoms. The lowest BCUT2D eigenvalue weighted by Crippen LogP contribution is -2.49. The van der Waals surface area contributed by atoms with E-state index in [-0.39, 0.29) is 75.1 Å². The van der Waals surface area contributed by atoms with Crippen LogP contribution in [-0.4, -0.2) is 102 Å². The molecule has 0 saturated carbocycles. The fraction of sp³-hybridized carbons (Fsp3) is 0.438. The maximum atomic E-state index is 13.8. The molecule has 0 saturated heterocycles. The summed E-state index contributed by atoms with van der Waals surface area (Å²) in [6, 6.07) is 14.4. The number of aryl methyl sites for hydroxylation is 2. The quantitative estimate of drug-likeness (QED) is 0.0556. The molecule has 1 aliphatic rings. The van der Waals surface area contributed by atoms with Crippen LogP contribution in [0.4, 0.5) is 5.82 Å². The Labute approximate surface area is 408 Å². The summed E-state index contributed by atoms with van der Waals surface area (Å²) in [5.74, 6) is 0.667. The number of hydrogen-bond acceptors (Lipinski definition) is 14. The van der Waals surface area contributed by atoms with E-state index in [0.29, 0.717) is 47.4 Å². The molecule has 6 aromatic rings. The number of benzene rings is 2. The SMILES string of the molecule is COCCOc1nc(N)c2[nH]c(=O)n(Cc3ccc(CNC(=O)CCC(=O)NCCC(C)(C)OCC(C)(C)NC(=O)C[C@@H]4N=C(c5ccc(Cl)cc5)c5c(sc(C)c5C)-n5c(C)nnc54)cc3)c2n1. The maximum Gasteiger partial charge on any atom is 0.328 e. The van der Waals surface area contributed by atoms with E-state index in [4.69, 9.17) is 36.5 Å². The molecule has 4 aromatic heterocycles. The van der Waals surface area contributed by atoms with E-state index < -0.39 is 22.9 Å². The van der Waals surface area contributed by atoms with Crippen molar-refractivity contribution in [3.63, 3.8) is 0 Å². The van der Waals surface area contributed by atoms with E-state index in [1.165, 1.54) is 4.57 Å². The average Bonchev–Trinajstić information content (AvgIpc) is 3.91. The van der Waals surface area contributed by atoms with Crippen LogP contribution in [0.25, 0.3) is 16.2 Å². The number of nitrogens with one attached hydrogen (secondary N) is 4. The van der Waals surface area contributed by atoms with Crippen molar-refractivity contribution < 1.29 is 28.6 Å². The highest BCUT2D eigenvalue weighted by Gasteiger charge is 2.34. The second-order valence-electron chi connectivity index (χ2n) is 18.2. The van der Waals surface area contributed by atoms with E-state index in [9.17, 15) is 19.2 Å². The molecule has 19 nitrogen and oxygen atoms in total. The molecule has 366 valence electrons. The van der Waals surface area contributed by atoms with Gasteiger partial charge in [-0.2, -0.15) is 9.97 Å². The van der Waals surface area contributed by atoms with Crippen LogP contribution in [0.2, 0.25) is 5.02 Å². The predicted molar refractivity (Wildman–Crippen MR) is 264 cm³/mol. The average molecular weight is 984 g/mol. The number of aromatic amines is 1. The molecule has 0 spiro atoms. The highest BCUT2D eigenvalue weighted by Crippen LogP contribution is 2.39. The number of imidazole rings is 1. The lowest BCUT2D eigenvalue weighted by atomic mass is 9.99. The molecule has 1 aliphatic heterocycles. The zero-order valence-electron chi connectivity index (χ0n) is 40.1. The van der Waals surface area contributed by atoms with Gasteiger partial charge in [0.1, 0.15) is 29.0 Å². The summed E-state index contributed by atoms with van der Waals surface area (Å²) in [7, 11) is 1.55. The summed E-state index contributed by atoms with van der Waals surface area (Å²) in [6.45, 7) is 15.3. The van der Waals surface area contributed by atoms with Gasteiger partial charge in [-0.3, -0.25) is 28.5 Å².